The Bertz CT molecular complexity index is 1160. The summed E-state index contributed by atoms with van der Waals surface area (Å²) in [5.41, 5.74) is 1.03. The minimum atomic E-state index is -0.710. The molecular formula is C23H22FN3O5. The summed E-state index contributed by atoms with van der Waals surface area (Å²) in [5, 5.41) is 7.12. The van der Waals surface area contributed by atoms with E-state index in [4.69, 9.17) is 14.2 Å². The second-order valence-electron chi connectivity index (χ2n) is 7.21. The third-order valence-electron chi connectivity index (χ3n) is 4.88. The molecular weight excluding hydrogens is 417 g/mol. The Hall–Kier alpha value is -3.88. The van der Waals surface area contributed by atoms with Crippen LogP contribution in [0.2, 0.25) is 0 Å². The number of benzene rings is 2. The number of aromatic nitrogens is 2. The van der Waals surface area contributed by atoms with Crippen molar-refractivity contribution in [2.24, 2.45) is 0 Å². The standard InChI is InChI=1S/C23H22FN3O5/c1-15(32-18-7-9-20-21(13-18)31-14-30-20)23(29)25-11-2-12-27-22(28)10-8-19(26-27)16-3-5-17(24)6-4-16/h3-10,13,15H,2,11-12,14H2,1H3,(H,25,29)/t15-/m0/s1. The van der Waals surface area contributed by atoms with Crippen LogP contribution < -0.4 is 25.1 Å². The Balaban J connectivity index is 1.27. The number of ether oxygens (including phenoxy) is 3. The number of hydrogen-bond donors (Lipinski definition) is 1. The molecule has 1 atom stereocenters. The maximum atomic E-state index is 13.1. The molecule has 0 saturated carbocycles. The second-order valence-corrected chi connectivity index (χ2v) is 7.21. The molecule has 3 aromatic rings. The van der Waals surface area contributed by atoms with Gasteiger partial charge in [-0.2, -0.15) is 5.10 Å². The Morgan fingerprint density at radius 1 is 1.16 bits per heavy atom. The maximum absolute atomic E-state index is 13.1. The molecule has 8 nitrogen and oxygen atoms in total. The van der Waals surface area contributed by atoms with Crippen LogP contribution in [0.25, 0.3) is 11.3 Å². The highest BCUT2D eigenvalue weighted by atomic mass is 19.1. The van der Waals surface area contributed by atoms with Gasteiger partial charge in [0.05, 0.1) is 5.69 Å². The van der Waals surface area contributed by atoms with Gasteiger partial charge in [0.25, 0.3) is 11.5 Å². The zero-order chi connectivity index (χ0) is 22.5. The van der Waals surface area contributed by atoms with Crippen LogP contribution in [-0.2, 0) is 11.3 Å². The van der Waals surface area contributed by atoms with Gasteiger partial charge in [-0.05, 0) is 55.8 Å². The maximum Gasteiger partial charge on any atom is 0.266 e. The first kappa shape index (κ1) is 21.4. The average Bonchev–Trinajstić information content (AvgIpc) is 3.26. The molecule has 1 amide bonds. The van der Waals surface area contributed by atoms with E-state index < -0.39 is 6.10 Å². The van der Waals surface area contributed by atoms with E-state index in [9.17, 15) is 14.0 Å². The van der Waals surface area contributed by atoms with Gasteiger partial charge in [0.1, 0.15) is 11.6 Å². The number of hydrogen-bond acceptors (Lipinski definition) is 6. The van der Waals surface area contributed by atoms with E-state index in [1.54, 1.807) is 43.3 Å². The number of amides is 1. The molecule has 0 aliphatic carbocycles. The van der Waals surface area contributed by atoms with Gasteiger partial charge in [-0.1, -0.05) is 0 Å². The fourth-order valence-electron chi connectivity index (χ4n) is 3.18. The lowest BCUT2D eigenvalue weighted by molar-refractivity contribution is -0.127. The summed E-state index contributed by atoms with van der Waals surface area (Å²) >= 11 is 0. The van der Waals surface area contributed by atoms with E-state index in [-0.39, 0.29) is 24.1 Å². The van der Waals surface area contributed by atoms with Gasteiger partial charge in [-0.25, -0.2) is 9.07 Å². The van der Waals surface area contributed by atoms with Crippen LogP contribution in [0, 0.1) is 5.82 Å². The summed E-state index contributed by atoms with van der Waals surface area (Å²) in [5.74, 6) is 1.11. The Labute approximate surface area is 183 Å². The first-order valence-electron chi connectivity index (χ1n) is 10.2. The first-order chi connectivity index (χ1) is 15.5. The van der Waals surface area contributed by atoms with E-state index in [0.717, 1.165) is 0 Å². The molecule has 166 valence electrons. The molecule has 0 unspecified atom stereocenters. The van der Waals surface area contributed by atoms with Gasteiger partial charge < -0.3 is 19.5 Å². The monoisotopic (exact) mass is 439 g/mol. The lowest BCUT2D eigenvalue weighted by atomic mass is 10.1. The Morgan fingerprint density at radius 2 is 1.94 bits per heavy atom. The molecule has 4 rings (SSSR count). The van der Waals surface area contributed by atoms with Gasteiger partial charge in [0.2, 0.25) is 6.79 Å². The average molecular weight is 439 g/mol. The van der Waals surface area contributed by atoms with Crippen molar-refractivity contribution < 1.29 is 23.4 Å². The Morgan fingerprint density at radius 3 is 2.75 bits per heavy atom. The highest BCUT2D eigenvalue weighted by molar-refractivity contribution is 5.80. The number of carbonyl (C=O) groups excluding carboxylic acids is 1. The number of halogens is 1. The summed E-state index contributed by atoms with van der Waals surface area (Å²) in [6.07, 6.45) is -0.208. The minimum Gasteiger partial charge on any atom is -0.481 e. The number of aryl methyl sites for hydroxylation is 1. The van der Waals surface area contributed by atoms with Crippen LogP contribution in [0.15, 0.2) is 59.4 Å². The van der Waals surface area contributed by atoms with Crippen molar-refractivity contribution in [3.63, 3.8) is 0 Å². The molecule has 9 heteroatoms. The van der Waals surface area contributed by atoms with Crippen molar-refractivity contribution in [3.8, 4) is 28.5 Å². The largest absolute Gasteiger partial charge is 0.481 e. The van der Waals surface area contributed by atoms with Gasteiger partial charge in [-0.3, -0.25) is 9.59 Å². The first-order valence-corrected chi connectivity index (χ1v) is 10.2. The topological polar surface area (TPSA) is 91.7 Å². The van der Waals surface area contributed by atoms with Crippen LogP contribution >= 0.6 is 0 Å². The summed E-state index contributed by atoms with van der Waals surface area (Å²) < 4.78 is 30.7. The molecule has 32 heavy (non-hydrogen) atoms. The minimum absolute atomic E-state index is 0.166. The summed E-state index contributed by atoms with van der Waals surface area (Å²) in [4.78, 5) is 24.4. The molecule has 0 saturated heterocycles. The molecule has 2 aromatic carbocycles. The molecule has 0 fully saturated rings. The zero-order valence-electron chi connectivity index (χ0n) is 17.4. The molecule has 2 heterocycles. The van der Waals surface area contributed by atoms with E-state index >= 15 is 0 Å². The van der Waals surface area contributed by atoms with Crippen molar-refractivity contribution in [2.45, 2.75) is 26.0 Å². The van der Waals surface area contributed by atoms with Gasteiger partial charge in [0.15, 0.2) is 17.6 Å². The van der Waals surface area contributed by atoms with E-state index in [1.807, 2.05) is 0 Å². The molecule has 1 aromatic heterocycles. The molecule has 0 radical (unpaired) electrons. The van der Waals surface area contributed by atoms with Crippen molar-refractivity contribution in [1.29, 1.82) is 0 Å². The lowest BCUT2D eigenvalue weighted by Crippen LogP contribution is -2.37. The smallest absolute Gasteiger partial charge is 0.266 e. The van der Waals surface area contributed by atoms with Crippen LogP contribution in [0.4, 0.5) is 4.39 Å². The van der Waals surface area contributed by atoms with Crippen LogP contribution in [-0.4, -0.2) is 35.1 Å². The summed E-state index contributed by atoms with van der Waals surface area (Å²) in [6, 6.07) is 14.0. The van der Waals surface area contributed by atoms with Gasteiger partial charge >= 0.3 is 0 Å². The zero-order valence-corrected chi connectivity index (χ0v) is 17.4. The number of nitrogens with one attached hydrogen (secondary N) is 1. The quantitative estimate of drug-likeness (QED) is 0.543. The third kappa shape index (κ3) is 5.05. The van der Waals surface area contributed by atoms with Crippen molar-refractivity contribution >= 4 is 5.91 Å². The number of carbonyl (C=O) groups is 1. The van der Waals surface area contributed by atoms with E-state index in [1.165, 1.54) is 22.9 Å². The third-order valence-corrected chi connectivity index (χ3v) is 4.88. The number of fused-ring (bicyclic) bond motifs is 1. The number of nitrogens with zero attached hydrogens (tertiary/aromatic N) is 2. The molecule has 1 aliphatic rings. The SMILES string of the molecule is C[C@H](Oc1ccc2c(c1)OCO2)C(=O)NCCCn1nc(-c2ccc(F)cc2)ccc1=O. The van der Waals surface area contributed by atoms with Crippen molar-refractivity contribution in [1.82, 2.24) is 15.1 Å². The molecule has 1 N–H and O–H groups in total. The lowest BCUT2D eigenvalue weighted by Gasteiger charge is -2.15. The molecule has 0 spiro atoms. The Kier molecular flexibility index (Phi) is 6.34. The molecule has 0 bridgehead atoms. The summed E-state index contributed by atoms with van der Waals surface area (Å²) in [6.45, 7) is 2.49. The van der Waals surface area contributed by atoms with Crippen molar-refractivity contribution in [3.05, 3.63) is 70.8 Å². The normalized spacial score (nSPS) is 12.9. The van der Waals surface area contributed by atoms with Crippen LogP contribution in [0.5, 0.6) is 17.2 Å². The fraction of sp³-hybridized carbons (Fsp3) is 0.261. The number of rotatable bonds is 8. The molecule has 1 aliphatic heterocycles. The highest BCUT2D eigenvalue weighted by Crippen LogP contribution is 2.35. The van der Waals surface area contributed by atoms with Crippen LogP contribution in [0.1, 0.15) is 13.3 Å². The predicted molar refractivity (Wildman–Crippen MR) is 114 cm³/mol. The van der Waals surface area contributed by atoms with Crippen molar-refractivity contribution in [2.75, 3.05) is 13.3 Å². The van der Waals surface area contributed by atoms with Gasteiger partial charge in [0, 0.05) is 30.8 Å². The summed E-state index contributed by atoms with van der Waals surface area (Å²) in [7, 11) is 0. The highest BCUT2D eigenvalue weighted by Gasteiger charge is 2.18. The van der Waals surface area contributed by atoms with Crippen LogP contribution in [0.3, 0.4) is 0 Å². The van der Waals surface area contributed by atoms with E-state index in [2.05, 4.69) is 10.4 Å². The second kappa shape index (κ2) is 9.51. The fourth-order valence-corrected chi connectivity index (χ4v) is 3.18. The predicted octanol–water partition coefficient (Wildman–Crippen LogP) is 2.75. The van der Waals surface area contributed by atoms with Gasteiger partial charge in [-0.15, -0.1) is 0 Å². The van der Waals surface area contributed by atoms with E-state index in [0.29, 0.717) is 48.0 Å².